The Morgan fingerprint density at radius 3 is 2.54 bits per heavy atom. The Morgan fingerprint density at radius 2 is 1.90 bits per heavy atom. The number of likely N-dealkylation sites (tertiary alicyclic amines) is 2. The van der Waals surface area contributed by atoms with Gasteiger partial charge >= 0.3 is 12.1 Å². The van der Waals surface area contributed by atoms with Crippen molar-refractivity contribution in [3.8, 4) is 0 Å². The van der Waals surface area contributed by atoms with Gasteiger partial charge in [-0.15, -0.1) is 6.58 Å². The van der Waals surface area contributed by atoms with Crippen molar-refractivity contribution in [2.45, 2.75) is 94.5 Å². The second-order valence-electron chi connectivity index (χ2n) is 14.5. The molecule has 0 spiro atoms. The van der Waals surface area contributed by atoms with Gasteiger partial charge in [0.25, 0.3) is 0 Å². The fraction of sp³-hybridized carbons (Fsp3) is 0.588. The second kappa shape index (κ2) is 12.5. The predicted molar refractivity (Wildman–Crippen MR) is 170 cm³/mol. The Labute approximate surface area is 288 Å². The number of rotatable bonds is 11. The number of amides is 4. The number of ketones is 1. The van der Waals surface area contributed by atoms with E-state index in [1.54, 1.807) is 12.1 Å². The smallest absolute Gasteiger partial charge is 0.410 e. The standard InChI is InChI=1S/C34H39FN4O10S/c1-3-20-12-34(20,32(44)36-50(46,47)23-7-8-23)13-28(40)26-10-22(49-33(45)37-14-19-5-4-6-25(35)24(19)17-37)16-39(26)30(42)18(2)9-29(41)38-15-21-11-27(38)31(43)48-21/h3-6,18,20-23,26-27H,1,7-17H2,2H3,(H,36,44)/t18-,20+,21-,22?,26-,27-,34+/m0/s1. The predicted octanol–water partition coefficient (Wildman–Crippen LogP) is 1.56. The Bertz CT molecular complexity index is 1800. The fourth-order valence-corrected chi connectivity index (χ4v) is 9.23. The summed E-state index contributed by atoms with van der Waals surface area (Å²) in [6, 6.07) is 2.75. The van der Waals surface area contributed by atoms with Crippen LogP contribution in [0.3, 0.4) is 0 Å². The van der Waals surface area contributed by atoms with Crippen molar-refractivity contribution in [1.82, 2.24) is 19.4 Å². The first-order valence-corrected chi connectivity index (χ1v) is 18.5. The molecule has 5 fully saturated rings. The molecule has 2 saturated carbocycles. The number of Topliss-reactive ketones (excluding diaryl/α,β-unsaturated/α-hetero) is 1. The van der Waals surface area contributed by atoms with Crippen LogP contribution in [0.1, 0.15) is 63.0 Å². The third kappa shape index (κ3) is 6.15. The van der Waals surface area contributed by atoms with Gasteiger partial charge in [0.15, 0.2) is 5.78 Å². The van der Waals surface area contributed by atoms with Crippen LogP contribution in [-0.2, 0) is 56.6 Å². The van der Waals surface area contributed by atoms with E-state index in [0.717, 1.165) is 0 Å². The van der Waals surface area contributed by atoms with Crippen molar-refractivity contribution in [2.75, 3.05) is 13.1 Å². The highest BCUT2D eigenvalue weighted by molar-refractivity contribution is 7.90. The molecule has 2 aliphatic carbocycles. The molecule has 3 saturated heterocycles. The topological polar surface area (TPSA) is 177 Å². The van der Waals surface area contributed by atoms with Crippen molar-refractivity contribution in [1.29, 1.82) is 0 Å². The number of allylic oxidation sites excluding steroid dienone is 1. The monoisotopic (exact) mass is 714 g/mol. The molecule has 7 atom stereocenters. The number of benzene rings is 1. The molecule has 0 aromatic heterocycles. The largest absolute Gasteiger partial charge is 0.459 e. The lowest BCUT2D eigenvalue weighted by molar-refractivity contribution is -0.157. The molecule has 14 nitrogen and oxygen atoms in total. The second-order valence-corrected chi connectivity index (χ2v) is 16.4. The van der Waals surface area contributed by atoms with Gasteiger partial charge < -0.3 is 19.3 Å². The molecule has 4 aliphatic heterocycles. The average molecular weight is 715 g/mol. The van der Waals surface area contributed by atoms with E-state index in [2.05, 4.69) is 11.3 Å². The summed E-state index contributed by atoms with van der Waals surface area (Å²) in [6.07, 6.45) is 0.234. The zero-order chi connectivity index (χ0) is 35.7. The molecule has 1 aromatic carbocycles. The third-order valence-electron chi connectivity index (χ3n) is 11.0. The molecule has 7 rings (SSSR count). The zero-order valence-electron chi connectivity index (χ0n) is 27.5. The van der Waals surface area contributed by atoms with Gasteiger partial charge in [-0.2, -0.15) is 0 Å². The summed E-state index contributed by atoms with van der Waals surface area (Å²) in [5.74, 6) is -4.56. The number of esters is 1. The maximum absolute atomic E-state index is 14.3. The van der Waals surface area contributed by atoms with Crippen molar-refractivity contribution in [2.24, 2.45) is 17.3 Å². The normalized spacial score (nSPS) is 30.1. The minimum absolute atomic E-state index is 0.00601. The van der Waals surface area contributed by atoms with Crippen LogP contribution in [0.25, 0.3) is 0 Å². The third-order valence-corrected chi connectivity index (χ3v) is 12.8. The van der Waals surface area contributed by atoms with Gasteiger partial charge in [-0.1, -0.05) is 25.1 Å². The van der Waals surface area contributed by atoms with E-state index in [-0.39, 0.29) is 58.0 Å². The number of carbonyl (C=O) groups excluding carboxylic acids is 6. The van der Waals surface area contributed by atoms with Gasteiger partial charge in [-0.05, 0) is 36.8 Å². The van der Waals surface area contributed by atoms with Gasteiger partial charge in [0.1, 0.15) is 24.1 Å². The Balaban J connectivity index is 1.07. The molecule has 1 N–H and O–H groups in total. The number of hydrogen-bond acceptors (Lipinski definition) is 10. The number of ether oxygens (including phenoxy) is 2. The summed E-state index contributed by atoms with van der Waals surface area (Å²) in [4.78, 5) is 83.9. The van der Waals surface area contributed by atoms with Crippen LogP contribution in [0.5, 0.6) is 0 Å². The quantitative estimate of drug-likeness (QED) is 0.262. The van der Waals surface area contributed by atoms with Crippen LogP contribution < -0.4 is 4.72 Å². The Hall–Kier alpha value is -4.34. The highest BCUT2D eigenvalue weighted by Gasteiger charge is 2.61. The minimum atomic E-state index is -3.89. The summed E-state index contributed by atoms with van der Waals surface area (Å²) < 4.78 is 52.6. The van der Waals surface area contributed by atoms with Crippen LogP contribution in [0.2, 0.25) is 0 Å². The van der Waals surface area contributed by atoms with Crippen LogP contribution in [0.15, 0.2) is 30.9 Å². The minimum Gasteiger partial charge on any atom is -0.459 e. The fourth-order valence-electron chi connectivity index (χ4n) is 7.84. The first-order valence-electron chi connectivity index (χ1n) is 16.9. The molecular formula is C34H39FN4O10S. The maximum Gasteiger partial charge on any atom is 0.410 e. The maximum atomic E-state index is 14.3. The first-order chi connectivity index (χ1) is 23.7. The first kappa shape index (κ1) is 34.1. The molecular weight excluding hydrogens is 675 g/mol. The van der Waals surface area contributed by atoms with E-state index in [4.69, 9.17) is 9.47 Å². The van der Waals surface area contributed by atoms with E-state index in [1.807, 2.05) is 0 Å². The number of fused-ring (bicyclic) bond motifs is 3. The van der Waals surface area contributed by atoms with Crippen molar-refractivity contribution < 1.29 is 51.0 Å². The van der Waals surface area contributed by atoms with Crippen LogP contribution in [0, 0.1) is 23.1 Å². The van der Waals surface area contributed by atoms with E-state index in [0.29, 0.717) is 30.4 Å². The number of nitrogens with one attached hydrogen (secondary N) is 1. The number of hydrogen-bond donors (Lipinski definition) is 1. The highest BCUT2D eigenvalue weighted by Crippen LogP contribution is 2.57. The molecule has 16 heteroatoms. The van der Waals surface area contributed by atoms with E-state index < -0.39 is 92.1 Å². The Morgan fingerprint density at radius 1 is 1.14 bits per heavy atom. The molecule has 1 aromatic rings. The molecule has 2 bridgehead atoms. The van der Waals surface area contributed by atoms with Crippen LogP contribution in [0.4, 0.5) is 9.18 Å². The number of carbonyl (C=O) groups is 6. The van der Waals surface area contributed by atoms with E-state index >= 15 is 0 Å². The van der Waals surface area contributed by atoms with E-state index in [1.165, 1.54) is 33.8 Å². The number of sulfonamides is 1. The summed E-state index contributed by atoms with van der Waals surface area (Å²) in [6.45, 7) is 5.47. The van der Waals surface area contributed by atoms with Gasteiger partial charge in [-0.25, -0.2) is 22.4 Å². The lowest BCUT2D eigenvalue weighted by Crippen LogP contribution is -2.48. The average Bonchev–Trinajstić information content (AvgIpc) is 3.82. The summed E-state index contributed by atoms with van der Waals surface area (Å²) in [5, 5.41) is -0.649. The van der Waals surface area contributed by atoms with Crippen LogP contribution in [-0.4, -0.2) is 101 Å². The number of halogens is 1. The van der Waals surface area contributed by atoms with Crippen molar-refractivity contribution in [3.63, 3.8) is 0 Å². The molecule has 4 amide bonds. The molecule has 0 radical (unpaired) electrons. The molecule has 1 unspecified atom stereocenters. The Kier molecular flexibility index (Phi) is 8.50. The SMILES string of the molecule is C=C[C@@H]1C[C@]1(CC(=O)[C@@H]1CC(OC(=O)N2Cc3cccc(F)c3C2)CN1C(=O)[C@@H](C)CC(=O)N1C[C@@H]2C[C@H]1C(=O)O2)C(=O)NS(=O)(=O)C1CC1. The van der Waals surface area contributed by atoms with E-state index in [9.17, 15) is 41.6 Å². The number of morpholine rings is 1. The van der Waals surface area contributed by atoms with Crippen LogP contribution >= 0.6 is 0 Å². The van der Waals surface area contributed by atoms with Gasteiger partial charge in [-0.3, -0.25) is 28.8 Å². The van der Waals surface area contributed by atoms with Gasteiger partial charge in [0.2, 0.25) is 27.7 Å². The summed E-state index contributed by atoms with van der Waals surface area (Å²) >= 11 is 0. The van der Waals surface area contributed by atoms with Crippen molar-refractivity contribution >= 4 is 45.6 Å². The summed E-state index contributed by atoms with van der Waals surface area (Å²) in [7, 11) is -3.89. The zero-order valence-corrected chi connectivity index (χ0v) is 28.4. The lowest BCUT2D eigenvalue weighted by atomic mass is 9.91. The molecule has 6 aliphatic rings. The summed E-state index contributed by atoms with van der Waals surface area (Å²) in [5.41, 5.74) is -0.335. The molecule has 4 heterocycles. The van der Waals surface area contributed by atoms with Gasteiger partial charge in [0.05, 0.1) is 36.3 Å². The lowest BCUT2D eigenvalue weighted by Gasteiger charge is -2.29. The van der Waals surface area contributed by atoms with Gasteiger partial charge in [0, 0.05) is 43.7 Å². The number of nitrogens with zero attached hydrogens (tertiary/aromatic N) is 3. The van der Waals surface area contributed by atoms with Crippen molar-refractivity contribution in [3.05, 3.63) is 47.8 Å². The highest BCUT2D eigenvalue weighted by atomic mass is 32.2. The molecule has 268 valence electrons. The molecule has 50 heavy (non-hydrogen) atoms.